The van der Waals surface area contributed by atoms with Gasteiger partial charge in [0.05, 0.1) is 5.56 Å². The van der Waals surface area contributed by atoms with E-state index in [1.807, 2.05) is 37.3 Å². The van der Waals surface area contributed by atoms with Crippen molar-refractivity contribution in [3.8, 4) is 5.75 Å². The average molecular weight is 297 g/mol. The third-order valence-corrected chi connectivity index (χ3v) is 4.13. The Morgan fingerprint density at radius 2 is 2.09 bits per heavy atom. The van der Waals surface area contributed by atoms with Gasteiger partial charge in [0.1, 0.15) is 5.75 Å². The molecule has 1 saturated carbocycles. The Hall–Kier alpha value is -2.36. The molecule has 0 spiro atoms. The van der Waals surface area contributed by atoms with Crippen molar-refractivity contribution in [2.24, 2.45) is 5.92 Å². The highest BCUT2D eigenvalue weighted by Gasteiger charge is 2.28. The van der Waals surface area contributed by atoms with Crippen LogP contribution in [-0.4, -0.2) is 24.8 Å². The summed E-state index contributed by atoms with van der Waals surface area (Å²) in [4.78, 5) is 23.3. The molecule has 0 saturated heterocycles. The van der Waals surface area contributed by atoms with Crippen molar-refractivity contribution in [1.82, 2.24) is 5.32 Å². The van der Waals surface area contributed by atoms with Crippen molar-refractivity contribution < 1.29 is 14.3 Å². The summed E-state index contributed by atoms with van der Waals surface area (Å²) >= 11 is 0. The first kappa shape index (κ1) is 14.6. The predicted molar refractivity (Wildman–Crippen MR) is 85.2 cm³/mol. The number of rotatable bonds is 6. The molecule has 1 N–H and O–H groups in total. The van der Waals surface area contributed by atoms with Gasteiger partial charge >= 0.3 is 0 Å². The van der Waals surface area contributed by atoms with Crippen LogP contribution in [0.5, 0.6) is 5.75 Å². The van der Waals surface area contributed by atoms with E-state index >= 15 is 0 Å². The van der Waals surface area contributed by atoms with Gasteiger partial charge in [-0.05, 0) is 42.5 Å². The maximum atomic E-state index is 11.9. The summed E-state index contributed by atoms with van der Waals surface area (Å²) in [7, 11) is 0. The maximum Gasteiger partial charge on any atom is 0.258 e. The number of hydrogen-bond donors (Lipinski definition) is 1. The van der Waals surface area contributed by atoms with Gasteiger partial charge in [0.2, 0.25) is 0 Å². The number of aldehydes is 1. The van der Waals surface area contributed by atoms with E-state index in [9.17, 15) is 9.59 Å². The highest BCUT2D eigenvalue weighted by molar-refractivity contribution is 6.00. The van der Waals surface area contributed by atoms with E-state index in [-0.39, 0.29) is 18.6 Å². The molecular weight excluding hydrogens is 278 g/mol. The first-order chi connectivity index (χ1) is 10.7. The molecule has 3 rings (SSSR count). The second-order valence-electron chi connectivity index (χ2n) is 5.80. The minimum atomic E-state index is -0.149. The molecule has 2 aromatic carbocycles. The van der Waals surface area contributed by atoms with Gasteiger partial charge in [0.25, 0.3) is 5.91 Å². The first-order valence-electron chi connectivity index (χ1n) is 7.58. The summed E-state index contributed by atoms with van der Waals surface area (Å²) in [6.07, 6.45) is 3.15. The third-order valence-electron chi connectivity index (χ3n) is 4.13. The first-order valence-corrected chi connectivity index (χ1v) is 7.58. The van der Waals surface area contributed by atoms with Gasteiger partial charge in [-0.15, -0.1) is 0 Å². The van der Waals surface area contributed by atoms with Crippen molar-refractivity contribution in [2.45, 2.75) is 25.8 Å². The second-order valence-corrected chi connectivity index (χ2v) is 5.80. The SMILES string of the molecule is C[C@@H](NC(=O)COc1ccc2ccccc2c1C=O)C1CC1. The standard InChI is InChI=1S/C18H19NO3/c1-12(13-6-7-13)19-18(21)11-22-17-9-8-14-4-2-3-5-15(14)16(17)10-20/h2-5,8-10,12-13H,6-7,11H2,1H3,(H,19,21)/t12-/m1/s1. The molecule has 4 heteroatoms. The Labute approximate surface area is 129 Å². The average Bonchev–Trinajstić information content (AvgIpc) is 3.37. The van der Waals surface area contributed by atoms with Gasteiger partial charge in [-0.3, -0.25) is 9.59 Å². The summed E-state index contributed by atoms with van der Waals surface area (Å²) in [5.74, 6) is 0.905. The van der Waals surface area contributed by atoms with Crippen molar-refractivity contribution in [2.75, 3.05) is 6.61 Å². The molecule has 22 heavy (non-hydrogen) atoms. The number of carbonyl (C=O) groups is 2. The number of amides is 1. The Kier molecular flexibility index (Phi) is 4.09. The lowest BCUT2D eigenvalue weighted by molar-refractivity contribution is -0.123. The van der Waals surface area contributed by atoms with Crippen LogP contribution < -0.4 is 10.1 Å². The van der Waals surface area contributed by atoms with Crippen LogP contribution >= 0.6 is 0 Å². The number of hydrogen-bond acceptors (Lipinski definition) is 3. The Morgan fingerprint density at radius 1 is 1.32 bits per heavy atom. The summed E-state index contributed by atoms with van der Waals surface area (Å²) in [6, 6.07) is 11.4. The van der Waals surface area contributed by atoms with Gasteiger partial charge in [0, 0.05) is 6.04 Å². The number of ether oxygens (including phenoxy) is 1. The molecule has 114 valence electrons. The van der Waals surface area contributed by atoms with Crippen LogP contribution in [0.1, 0.15) is 30.1 Å². The zero-order chi connectivity index (χ0) is 15.5. The molecule has 2 aromatic rings. The lowest BCUT2D eigenvalue weighted by Crippen LogP contribution is -2.37. The lowest BCUT2D eigenvalue weighted by atomic mass is 10.0. The molecule has 0 radical (unpaired) electrons. The van der Waals surface area contributed by atoms with E-state index in [1.54, 1.807) is 6.07 Å². The van der Waals surface area contributed by atoms with Gasteiger partial charge in [-0.2, -0.15) is 0 Å². The van der Waals surface area contributed by atoms with E-state index in [0.717, 1.165) is 17.1 Å². The van der Waals surface area contributed by atoms with Crippen molar-refractivity contribution in [1.29, 1.82) is 0 Å². The molecule has 0 bridgehead atoms. The molecule has 1 amide bonds. The molecule has 0 unspecified atom stereocenters. The molecule has 1 aliphatic rings. The zero-order valence-electron chi connectivity index (χ0n) is 12.5. The molecule has 4 nitrogen and oxygen atoms in total. The second kappa shape index (κ2) is 6.18. The van der Waals surface area contributed by atoms with Crippen LogP contribution in [0.25, 0.3) is 10.8 Å². The number of nitrogens with one attached hydrogen (secondary N) is 1. The summed E-state index contributed by atoms with van der Waals surface area (Å²) < 4.78 is 5.56. The highest BCUT2D eigenvalue weighted by Crippen LogP contribution is 2.32. The summed E-state index contributed by atoms with van der Waals surface area (Å²) in [5, 5.41) is 4.75. The Balaban J connectivity index is 1.70. The van der Waals surface area contributed by atoms with E-state index in [1.165, 1.54) is 12.8 Å². The Morgan fingerprint density at radius 3 is 2.82 bits per heavy atom. The van der Waals surface area contributed by atoms with E-state index in [2.05, 4.69) is 5.32 Å². The normalized spacial score (nSPS) is 15.3. The van der Waals surface area contributed by atoms with E-state index in [0.29, 0.717) is 17.2 Å². The smallest absolute Gasteiger partial charge is 0.258 e. The lowest BCUT2D eigenvalue weighted by Gasteiger charge is -2.14. The van der Waals surface area contributed by atoms with Crippen LogP contribution in [0, 0.1) is 5.92 Å². The molecule has 1 atom stereocenters. The van der Waals surface area contributed by atoms with Gasteiger partial charge < -0.3 is 10.1 Å². The van der Waals surface area contributed by atoms with Gasteiger partial charge in [0.15, 0.2) is 12.9 Å². The minimum Gasteiger partial charge on any atom is -0.483 e. The van der Waals surface area contributed by atoms with Crippen LogP contribution in [0.3, 0.4) is 0 Å². The third kappa shape index (κ3) is 3.11. The summed E-state index contributed by atoms with van der Waals surface area (Å²) in [5.41, 5.74) is 0.487. The number of carbonyl (C=O) groups excluding carboxylic acids is 2. The van der Waals surface area contributed by atoms with Crippen LogP contribution in [0.4, 0.5) is 0 Å². The monoisotopic (exact) mass is 297 g/mol. The quantitative estimate of drug-likeness (QED) is 0.834. The molecule has 0 aromatic heterocycles. The van der Waals surface area contributed by atoms with E-state index < -0.39 is 0 Å². The van der Waals surface area contributed by atoms with Crippen molar-refractivity contribution in [3.63, 3.8) is 0 Å². The maximum absolute atomic E-state index is 11.9. The molecule has 1 fully saturated rings. The molecule has 1 aliphatic carbocycles. The van der Waals surface area contributed by atoms with Crippen LogP contribution in [0.2, 0.25) is 0 Å². The number of fused-ring (bicyclic) bond motifs is 1. The minimum absolute atomic E-state index is 0.0732. The highest BCUT2D eigenvalue weighted by atomic mass is 16.5. The fraction of sp³-hybridized carbons (Fsp3) is 0.333. The largest absolute Gasteiger partial charge is 0.483 e. The topological polar surface area (TPSA) is 55.4 Å². The zero-order valence-corrected chi connectivity index (χ0v) is 12.5. The molecule has 0 aliphatic heterocycles. The summed E-state index contributed by atoms with van der Waals surface area (Å²) in [6.45, 7) is 1.94. The Bertz CT molecular complexity index is 707. The van der Waals surface area contributed by atoms with E-state index in [4.69, 9.17) is 4.74 Å². The van der Waals surface area contributed by atoms with Crippen molar-refractivity contribution >= 4 is 23.0 Å². The molecule has 0 heterocycles. The van der Waals surface area contributed by atoms with Crippen molar-refractivity contribution in [3.05, 3.63) is 42.0 Å². The fourth-order valence-corrected chi connectivity index (χ4v) is 2.68. The fourth-order valence-electron chi connectivity index (χ4n) is 2.68. The van der Waals surface area contributed by atoms with Gasteiger partial charge in [-0.25, -0.2) is 0 Å². The van der Waals surface area contributed by atoms with Gasteiger partial charge in [-0.1, -0.05) is 30.3 Å². The number of benzene rings is 2. The van der Waals surface area contributed by atoms with Crippen LogP contribution in [0.15, 0.2) is 36.4 Å². The van der Waals surface area contributed by atoms with Crippen LogP contribution in [-0.2, 0) is 4.79 Å². The predicted octanol–water partition coefficient (Wildman–Crippen LogP) is 2.95. The molecular formula is C18H19NO3.